The van der Waals surface area contributed by atoms with Gasteiger partial charge in [-0.1, -0.05) is 6.92 Å². The van der Waals surface area contributed by atoms with E-state index >= 15 is 0 Å². The number of hydrogen-bond donors (Lipinski definition) is 2. The molecule has 0 saturated carbocycles. The monoisotopic (exact) mass is 415 g/mol. The number of hydrogen-bond acceptors (Lipinski definition) is 6. The highest BCUT2D eigenvalue weighted by atomic mass is 35.5. The summed E-state index contributed by atoms with van der Waals surface area (Å²) in [6.07, 6.45) is 5.26. The van der Waals surface area contributed by atoms with Crippen LogP contribution < -0.4 is 11.1 Å². The Bertz CT molecular complexity index is 717. The molecule has 7 nitrogen and oxygen atoms in total. The first kappa shape index (κ1) is 23.2. The van der Waals surface area contributed by atoms with Gasteiger partial charge in [-0.3, -0.25) is 4.79 Å². The van der Waals surface area contributed by atoms with Crippen LogP contribution in [0.3, 0.4) is 0 Å². The van der Waals surface area contributed by atoms with Crippen molar-refractivity contribution in [1.29, 1.82) is 0 Å². The van der Waals surface area contributed by atoms with Crippen LogP contribution in [0, 0.1) is 0 Å². The van der Waals surface area contributed by atoms with Gasteiger partial charge in [-0.05, 0) is 50.6 Å². The average Bonchev–Trinajstić information content (AvgIpc) is 2.94. The van der Waals surface area contributed by atoms with Crippen molar-refractivity contribution in [2.45, 2.75) is 45.2 Å². The van der Waals surface area contributed by atoms with Gasteiger partial charge in [0.15, 0.2) is 5.76 Å². The first-order chi connectivity index (χ1) is 12.2. The van der Waals surface area contributed by atoms with Crippen molar-refractivity contribution in [2.75, 3.05) is 18.8 Å². The lowest BCUT2D eigenvalue weighted by Gasteiger charge is -2.30. The fraction of sp³-hybridized carbons (Fsp3) is 0.500. The Balaban J connectivity index is 0.00000182. The number of aryl methyl sites for hydroxylation is 1. The number of nitrogen functional groups attached to an aromatic ring is 1. The number of nitrogens with one attached hydrogen (secondary N) is 1. The molecule has 1 saturated heterocycles. The molecule has 1 amide bonds. The predicted octanol–water partition coefficient (Wildman–Crippen LogP) is 2.84. The molecule has 1 fully saturated rings. The van der Waals surface area contributed by atoms with Crippen LogP contribution in [0.1, 0.15) is 48.3 Å². The molecule has 0 radical (unpaired) electrons. The number of furan rings is 1. The zero-order valence-electron chi connectivity index (χ0n) is 15.4. The number of carbonyl (C=O) groups excluding carboxylic acids is 1. The maximum atomic E-state index is 13.1. The molecule has 0 spiro atoms. The molecule has 1 aliphatic rings. The number of nitrogens with two attached hydrogens (primary N) is 1. The highest BCUT2D eigenvalue weighted by Gasteiger charge is 2.28. The molecular formula is C18H27Cl2N5O2. The van der Waals surface area contributed by atoms with Crippen molar-refractivity contribution in [1.82, 2.24) is 20.2 Å². The minimum Gasteiger partial charge on any atom is -0.456 e. The number of anilines is 1. The van der Waals surface area contributed by atoms with E-state index in [0.717, 1.165) is 44.5 Å². The van der Waals surface area contributed by atoms with Gasteiger partial charge in [0.1, 0.15) is 17.4 Å². The van der Waals surface area contributed by atoms with Crippen LogP contribution in [0.2, 0.25) is 0 Å². The van der Waals surface area contributed by atoms with Crippen molar-refractivity contribution in [3.63, 3.8) is 0 Å². The zero-order chi connectivity index (χ0) is 17.6. The molecule has 150 valence electrons. The van der Waals surface area contributed by atoms with E-state index in [1.54, 1.807) is 18.3 Å². The summed E-state index contributed by atoms with van der Waals surface area (Å²) in [5.41, 5.74) is 5.76. The Morgan fingerprint density at radius 2 is 2.11 bits per heavy atom. The van der Waals surface area contributed by atoms with Crippen LogP contribution in [0.4, 0.5) is 5.82 Å². The second-order valence-electron chi connectivity index (χ2n) is 6.29. The average molecular weight is 416 g/mol. The van der Waals surface area contributed by atoms with E-state index < -0.39 is 0 Å². The van der Waals surface area contributed by atoms with Gasteiger partial charge >= 0.3 is 0 Å². The number of carbonyl (C=O) groups is 1. The Morgan fingerprint density at radius 1 is 1.30 bits per heavy atom. The lowest BCUT2D eigenvalue weighted by atomic mass is 10.1. The third-order valence-electron chi connectivity index (χ3n) is 4.51. The van der Waals surface area contributed by atoms with Crippen LogP contribution in [-0.2, 0) is 13.0 Å². The van der Waals surface area contributed by atoms with E-state index in [1.807, 2.05) is 17.9 Å². The number of rotatable bonds is 5. The molecule has 1 unspecified atom stereocenters. The van der Waals surface area contributed by atoms with Crippen LogP contribution in [0.5, 0.6) is 0 Å². The predicted molar refractivity (Wildman–Crippen MR) is 109 cm³/mol. The van der Waals surface area contributed by atoms with Crippen molar-refractivity contribution in [3.8, 4) is 0 Å². The smallest absolute Gasteiger partial charge is 0.290 e. The van der Waals surface area contributed by atoms with Crippen LogP contribution in [0.15, 0.2) is 28.8 Å². The molecule has 2 aromatic heterocycles. The molecule has 3 N–H and O–H groups in total. The first-order valence-corrected chi connectivity index (χ1v) is 8.85. The van der Waals surface area contributed by atoms with Crippen LogP contribution >= 0.6 is 24.8 Å². The highest BCUT2D eigenvalue weighted by molar-refractivity contribution is 5.91. The summed E-state index contributed by atoms with van der Waals surface area (Å²) in [6, 6.07) is 5.38. The van der Waals surface area contributed by atoms with Gasteiger partial charge in [0.25, 0.3) is 5.91 Å². The molecule has 3 heterocycles. The molecule has 0 aliphatic carbocycles. The SMILES string of the molecule is CCc1ccc(C(=O)N(Cc2nccc(N)n2)C2CCCNCC2)o1.Cl.Cl. The number of nitrogens with zero attached hydrogens (tertiary/aromatic N) is 3. The van der Waals surface area contributed by atoms with Gasteiger partial charge in [0.2, 0.25) is 0 Å². The Kier molecular flexibility index (Phi) is 9.55. The van der Waals surface area contributed by atoms with Gasteiger partial charge < -0.3 is 20.4 Å². The topological polar surface area (TPSA) is 97.3 Å². The van der Waals surface area contributed by atoms with E-state index in [4.69, 9.17) is 10.2 Å². The Hall–Kier alpha value is -1.83. The van der Waals surface area contributed by atoms with Gasteiger partial charge in [0, 0.05) is 18.7 Å². The van der Waals surface area contributed by atoms with Gasteiger partial charge in [0.05, 0.1) is 6.54 Å². The summed E-state index contributed by atoms with van der Waals surface area (Å²) in [7, 11) is 0. The van der Waals surface area contributed by atoms with E-state index in [-0.39, 0.29) is 36.8 Å². The number of halogens is 2. The fourth-order valence-corrected chi connectivity index (χ4v) is 3.15. The fourth-order valence-electron chi connectivity index (χ4n) is 3.15. The summed E-state index contributed by atoms with van der Waals surface area (Å²) in [5.74, 6) is 2.03. The molecule has 2 aromatic rings. The summed E-state index contributed by atoms with van der Waals surface area (Å²) in [4.78, 5) is 23.5. The Labute approximate surface area is 171 Å². The summed E-state index contributed by atoms with van der Waals surface area (Å²) in [6.45, 7) is 4.21. The molecule has 0 bridgehead atoms. The van der Waals surface area contributed by atoms with Crippen molar-refractivity contribution >= 4 is 36.5 Å². The van der Waals surface area contributed by atoms with E-state index in [0.29, 0.717) is 23.9 Å². The van der Waals surface area contributed by atoms with Gasteiger partial charge in [-0.2, -0.15) is 0 Å². The molecule has 27 heavy (non-hydrogen) atoms. The highest BCUT2D eigenvalue weighted by Crippen LogP contribution is 2.20. The van der Waals surface area contributed by atoms with Crippen molar-refractivity contribution in [3.05, 3.63) is 41.7 Å². The molecule has 1 atom stereocenters. The summed E-state index contributed by atoms with van der Waals surface area (Å²) < 4.78 is 5.69. The van der Waals surface area contributed by atoms with Crippen molar-refractivity contribution < 1.29 is 9.21 Å². The van der Waals surface area contributed by atoms with E-state index in [9.17, 15) is 4.79 Å². The maximum absolute atomic E-state index is 13.1. The van der Waals surface area contributed by atoms with E-state index in [1.165, 1.54) is 0 Å². The minimum absolute atomic E-state index is 0. The normalized spacial score (nSPS) is 16.6. The Morgan fingerprint density at radius 3 is 2.81 bits per heavy atom. The van der Waals surface area contributed by atoms with Crippen molar-refractivity contribution in [2.24, 2.45) is 0 Å². The molecule has 1 aliphatic heterocycles. The molecular weight excluding hydrogens is 389 g/mol. The van der Waals surface area contributed by atoms with Gasteiger partial charge in [-0.25, -0.2) is 9.97 Å². The zero-order valence-corrected chi connectivity index (χ0v) is 17.0. The number of amides is 1. The number of aromatic nitrogens is 2. The minimum atomic E-state index is -0.113. The van der Waals surface area contributed by atoms with Gasteiger partial charge in [-0.15, -0.1) is 24.8 Å². The third-order valence-corrected chi connectivity index (χ3v) is 4.51. The van der Waals surface area contributed by atoms with Crippen LogP contribution in [0.25, 0.3) is 0 Å². The first-order valence-electron chi connectivity index (χ1n) is 8.85. The largest absolute Gasteiger partial charge is 0.456 e. The van der Waals surface area contributed by atoms with Crippen LogP contribution in [-0.4, -0.2) is 39.9 Å². The summed E-state index contributed by atoms with van der Waals surface area (Å²) in [5, 5.41) is 3.38. The molecule has 3 rings (SSSR count). The maximum Gasteiger partial charge on any atom is 0.290 e. The quantitative estimate of drug-likeness (QED) is 0.778. The summed E-state index contributed by atoms with van der Waals surface area (Å²) >= 11 is 0. The lowest BCUT2D eigenvalue weighted by Crippen LogP contribution is -2.40. The van der Waals surface area contributed by atoms with E-state index in [2.05, 4.69) is 15.3 Å². The lowest BCUT2D eigenvalue weighted by molar-refractivity contribution is 0.0604. The molecule has 0 aromatic carbocycles. The molecule has 9 heteroatoms. The second kappa shape index (κ2) is 11.1. The second-order valence-corrected chi connectivity index (χ2v) is 6.29. The third kappa shape index (κ3) is 6.09. The standard InChI is InChI=1S/C18H25N5O2.2ClH/c1-2-14-5-6-15(25-14)18(24)23(13-4-3-9-20-10-7-13)12-17-21-11-8-16(19)22-17;;/h5-6,8,11,13,20H,2-4,7,9-10,12H2,1H3,(H2,19,21,22);2*1H.